The Labute approximate surface area is 228 Å². The summed E-state index contributed by atoms with van der Waals surface area (Å²) >= 11 is 0. The van der Waals surface area contributed by atoms with Gasteiger partial charge >= 0.3 is 0 Å². The van der Waals surface area contributed by atoms with Gasteiger partial charge in [0.2, 0.25) is 0 Å². The largest absolute Gasteiger partial charge is 0.456 e. The van der Waals surface area contributed by atoms with Crippen LogP contribution in [0.25, 0.3) is 76.9 Å². The molecule has 0 radical (unpaired) electrons. The predicted octanol–water partition coefficient (Wildman–Crippen LogP) is 6.92. The molecule has 0 atom stereocenters. The maximum atomic E-state index is 6.34. The Morgan fingerprint density at radius 2 is 1.20 bits per heavy atom. The van der Waals surface area contributed by atoms with E-state index in [0.29, 0.717) is 0 Å². The number of furan rings is 1. The van der Waals surface area contributed by atoms with E-state index in [1.165, 1.54) is 76.8 Å². The van der Waals surface area contributed by atoms with E-state index in [1.54, 1.807) is 0 Å². The molecule has 0 spiro atoms. The van der Waals surface area contributed by atoms with Crippen molar-refractivity contribution in [1.82, 2.24) is 9.13 Å². The highest BCUT2D eigenvalue weighted by Crippen LogP contribution is 2.41. The highest BCUT2D eigenvalue weighted by Gasteiger charge is 2.40. The molecule has 0 bridgehead atoms. The van der Waals surface area contributed by atoms with Gasteiger partial charge in [-0.25, -0.2) is 0 Å². The lowest BCUT2D eigenvalue weighted by atomic mass is 9.34. The number of benzene rings is 6. The number of nitrogens with zero attached hydrogens (tertiary/aromatic N) is 2. The van der Waals surface area contributed by atoms with Crippen LogP contribution >= 0.6 is 0 Å². The molecule has 0 fully saturated rings. The number of para-hydroxylation sites is 4. The smallest absolute Gasteiger partial charge is 0.252 e. The Balaban J connectivity index is 1.40. The molecule has 182 valence electrons. The third kappa shape index (κ3) is 2.06. The summed E-state index contributed by atoms with van der Waals surface area (Å²) in [5, 5.41) is 7.48. The molecule has 11 rings (SSSR count). The fraction of sp³-hybridized carbons (Fsp3) is 0. The average Bonchev–Trinajstić information content (AvgIpc) is 3.65. The molecule has 3 nitrogen and oxygen atoms in total. The maximum absolute atomic E-state index is 6.34. The van der Waals surface area contributed by atoms with E-state index >= 15 is 0 Å². The molecule has 0 unspecified atom stereocenters. The number of hydrogen-bond donors (Lipinski definition) is 0. The molecule has 4 heteroatoms. The van der Waals surface area contributed by atoms with Gasteiger partial charge in [-0.3, -0.25) is 0 Å². The Kier molecular flexibility index (Phi) is 3.21. The van der Waals surface area contributed by atoms with Gasteiger partial charge in [0.25, 0.3) is 6.71 Å². The van der Waals surface area contributed by atoms with Gasteiger partial charge in [-0.05, 0) is 52.8 Å². The topological polar surface area (TPSA) is 23.0 Å². The zero-order valence-electron chi connectivity index (χ0n) is 21.3. The second-order valence-corrected chi connectivity index (χ2v) is 11.3. The Morgan fingerprint density at radius 3 is 2.17 bits per heavy atom. The number of rotatable bonds is 0. The summed E-state index contributed by atoms with van der Waals surface area (Å²) in [7, 11) is 0. The van der Waals surface area contributed by atoms with E-state index in [1.807, 2.05) is 6.07 Å². The molecule has 6 aromatic carbocycles. The molecule has 0 aliphatic carbocycles. The summed E-state index contributed by atoms with van der Waals surface area (Å²) in [6.45, 7) is 0.177. The van der Waals surface area contributed by atoms with Crippen LogP contribution in [-0.2, 0) is 0 Å². The van der Waals surface area contributed by atoms with E-state index in [2.05, 4.69) is 118 Å². The minimum Gasteiger partial charge on any atom is -0.456 e. The van der Waals surface area contributed by atoms with Crippen molar-refractivity contribution in [2.45, 2.75) is 0 Å². The Morgan fingerprint density at radius 1 is 0.450 bits per heavy atom. The van der Waals surface area contributed by atoms with Gasteiger partial charge in [0.1, 0.15) is 11.2 Å². The highest BCUT2D eigenvalue weighted by molar-refractivity contribution is 7.00. The van der Waals surface area contributed by atoms with Gasteiger partial charge < -0.3 is 13.6 Å². The fourth-order valence-corrected chi connectivity index (χ4v) is 8.01. The maximum Gasteiger partial charge on any atom is 0.252 e. The van der Waals surface area contributed by atoms with Crippen molar-refractivity contribution in [3.8, 4) is 11.4 Å². The quantitative estimate of drug-likeness (QED) is 0.205. The number of aromatic nitrogens is 2. The zero-order valence-corrected chi connectivity index (χ0v) is 21.3. The third-order valence-corrected chi connectivity index (χ3v) is 9.50. The predicted molar refractivity (Wildman–Crippen MR) is 167 cm³/mol. The molecule has 0 saturated heterocycles. The van der Waals surface area contributed by atoms with Crippen LogP contribution in [0.5, 0.6) is 0 Å². The average molecular weight is 506 g/mol. The molecule has 40 heavy (non-hydrogen) atoms. The Hall–Kier alpha value is -5.22. The van der Waals surface area contributed by atoms with Crippen molar-refractivity contribution >= 4 is 88.7 Å². The third-order valence-electron chi connectivity index (χ3n) is 9.50. The molecule has 2 aliphatic heterocycles. The molecular weight excluding hydrogens is 487 g/mol. The van der Waals surface area contributed by atoms with Crippen molar-refractivity contribution in [2.75, 3.05) is 0 Å². The monoisotopic (exact) mass is 506 g/mol. The van der Waals surface area contributed by atoms with Gasteiger partial charge in [0.05, 0.1) is 16.6 Å². The van der Waals surface area contributed by atoms with Crippen LogP contribution in [0.15, 0.2) is 120 Å². The van der Waals surface area contributed by atoms with Gasteiger partial charge in [-0.2, -0.15) is 0 Å². The van der Waals surface area contributed by atoms with Crippen LogP contribution in [0, 0.1) is 0 Å². The van der Waals surface area contributed by atoms with Crippen LogP contribution in [0.4, 0.5) is 0 Å². The highest BCUT2D eigenvalue weighted by atomic mass is 16.3. The fourth-order valence-electron chi connectivity index (χ4n) is 8.01. The lowest BCUT2D eigenvalue weighted by Crippen LogP contribution is -2.59. The molecule has 5 heterocycles. The lowest BCUT2D eigenvalue weighted by molar-refractivity contribution is 0.669. The van der Waals surface area contributed by atoms with Gasteiger partial charge in [-0.15, -0.1) is 0 Å². The first-order valence-electron chi connectivity index (χ1n) is 13.9. The zero-order chi connectivity index (χ0) is 25.7. The van der Waals surface area contributed by atoms with E-state index in [-0.39, 0.29) is 6.71 Å². The molecular formula is C36H19BN2O. The lowest BCUT2D eigenvalue weighted by Gasteiger charge is -2.33. The summed E-state index contributed by atoms with van der Waals surface area (Å²) in [5.41, 5.74) is 13.7. The first-order valence-corrected chi connectivity index (χ1v) is 13.9. The van der Waals surface area contributed by atoms with Crippen molar-refractivity contribution in [1.29, 1.82) is 0 Å². The standard InChI is InChI=1S/C36H19BN2O/c1-4-13-28-20(8-1)23-16-17-30-34-36(23)38(28)29-14-5-3-11-26(29)37(34)27-12-7-10-22-24-19-33-25(18-31(24)39(30)35(22)27)21-9-2-6-15-32(21)40-33/h1-19H. The first kappa shape index (κ1) is 19.8. The van der Waals surface area contributed by atoms with E-state index in [0.717, 1.165) is 16.6 Å². The summed E-state index contributed by atoms with van der Waals surface area (Å²) in [4.78, 5) is 0. The minimum atomic E-state index is 0.177. The Bertz CT molecular complexity index is 2610. The minimum absolute atomic E-state index is 0.177. The molecule has 0 N–H and O–H groups in total. The first-order chi connectivity index (χ1) is 19.9. The van der Waals surface area contributed by atoms with Gasteiger partial charge in [0, 0.05) is 49.2 Å². The van der Waals surface area contributed by atoms with Crippen molar-refractivity contribution in [3.63, 3.8) is 0 Å². The molecule has 0 amide bonds. The van der Waals surface area contributed by atoms with Crippen LogP contribution < -0.4 is 16.4 Å². The van der Waals surface area contributed by atoms with E-state index in [9.17, 15) is 0 Å². The van der Waals surface area contributed by atoms with Crippen molar-refractivity contribution in [3.05, 3.63) is 115 Å². The summed E-state index contributed by atoms with van der Waals surface area (Å²) < 4.78 is 11.4. The van der Waals surface area contributed by atoms with Crippen LogP contribution in [0.3, 0.4) is 0 Å². The molecule has 9 aromatic rings. The second-order valence-electron chi connectivity index (χ2n) is 11.3. The summed E-state index contributed by atoms with van der Waals surface area (Å²) in [6.07, 6.45) is 0. The SMILES string of the molecule is c1ccc2c(c1)B1c3cccc4c5cc6oc7ccccc7c6cc5n(c34)-c3ccc4c5ccccc5n-2c4c31. The van der Waals surface area contributed by atoms with Crippen LogP contribution in [-0.4, -0.2) is 15.8 Å². The van der Waals surface area contributed by atoms with Gasteiger partial charge in [0.15, 0.2) is 0 Å². The number of hydrogen-bond acceptors (Lipinski definition) is 1. The molecule has 0 saturated carbocycles. The second kappa shape index (κ2) is 6.49. The van der Waals surface area contributed by atoms with E-state index < -0.39 is 0 Å². The normalized spacial score (nSPS) is 13.4. The summed E-state index contributed by atoms with van der Waals surface area (Å²) in [6, 6.07) is 42.4. The van der Waals surface area contributed by atoms with Crippen LogP contribution in [0.1, 0.15) is 0 Å². The van der Waals surface area contributed by atoms with Crippen molar-refractivity contribution < 1.29 is 4.42 Å². The molecule has 2 aliphatic rings. The van der Waals surface area contributed by atoms with Crippen LogP contribution in [0.2, 0.25) is 0 Å². The van der Waals surface area contributed by atoms with E-state index in [4.69, 9.17) is 4.42 Å². The van der Waals surface area contributed by atoms with Gasteiger partial charge in [-0.1, -0.05) is 78.9 Å². The van der Waals surface area contributed by atoms with Crippen molar-refractivity contribution in [2.24, 2.45) is 0 Å². The number of fused-ring (bicyclic) bond motifs is 14. The molecule has 3 aromatic heterocycles. The summed E-state index contributed by atoms with van der Waals surface area (Å²) in [5.74, 6) is 0.